The molecule has 36 heavy (non-hydrogen) atoms. The molecule has 3 atom stereocenters. The molecule has 0 aromatic heterocycles. The van der Waals surface area contributed by atoms with Crippen LogP contribution in [0.1, 0.15) is 53.3 Å². The quantitative estimate of drug-likeness (QED) is 0.524. The number of Topliss-reactive ketones (excluding diaryl/α,β-unsaturated/α-hetero) is 1. The summed E-state index contributed by atoms with van der Waals surface area (Å²) in [6.07, 6.45) is 2.74. The smallest absolute Gasteiger partial charge is 0.338 e. The van der Waals surface area contributed by atoms with Gasteiger partial charge in [0, 0.05) is 6.42 Å². The van der Waals surface area contributed by atoms with Gasteiger partial charge < -0.3 is 28.4 Å². The molecule has 0 amide bonds. The van der Waals surface area contributed by atoms with Gasteiger partial charge in [-0.3, -0.25) is 4.79 Å². The lowest BCUT2D eigenvalue weighted by molar-refractivity contribution is -0.132. The van der Waals surface area contributed by atoms with E-state index in [1.165, 1.54) is 6.26 Å². The number of hydrogen-bond acceptors (Lipinski definition) is 9. The van der Waals surface area contributed by atoms with Crippen LogP contribution in [-0.4, -0.2) is 43.3 Å². The van der Waals surface area contributed by atoms with Crippen LogP contribution in [0, 0.1) is 5.92 Å². The Morgan fingerprint density at radius 1 is 0.972 bits per heavy atom. The van der Waals surface area contributed by atoms with Crippen molar-refractivity contribution < 1.29 is 42.8 Å². The molecule has 0 saturated heterocycles. The lowest BCUT2D eigenvalue weighted by Crippen LogP contribution is -2.43. The van der Waals surface area contributed by atoms with E-state index < -0.39 is 18.0 Å². The third kappa shape index (κ3) is 5.00. The molecule has 3 aliphatic rings. The maximum atomic E-state index is 13.0. The van der Waals surface area contributed by atoms with Crippen molar-refractivity contribution in [2.24, 2.45) is 5.92 Å². The van der Waals surface area contributed by atoms with Crippen LogP contribution in [0.3, 0.4) is 0 Å². The third-order valence-corrected chi connectivity index (χ3v) is 6.31. The Bertz CT molecular complexity index is 1180. The zero-order valence-electron chi connectivity index (χ0n) is 19.8. The molecule has 9 heteroatoms. The van der Waals surface area contributed by atoms with Crippen LogP contribution >= 0.6 is 0 Å². The average Bonchev–Trinajstić information content (AvgIpc) is 3.37. The number of benzene rings is 2. The number of rotatable bonds is 7. The van der Waals surface area contributed by atoms with Crippen LogP contribution in [0.2, 0.25) is 0 Å². The number of esters is 2. The van der Waals surface area contributed by atoms with Gasteiger partial charge in [0.2, 0.25) is 18.3 Å². The van der Waals surface area contributed by atoms with E-state index in [4.69, 9.17) is 28.4 Å². The average molecular weight is 494 g/mol. The zero-order chi connectivity index (χ0) is 25.1. The van der Waals surface area contributed by atoms with Gasteiger partial charge >= 0.3 is 11.9 Å². The normalized spacial score (nSPS) is 22.1. The maximum Gasteiger partial charge on any atom is 0.338 e. The minimum Gasteiger partial charge on any atom is -0.493 e. The van der Waals surface area contributed by atoms with Crippen molar-refractivity contribution in [3.05, 3.63) is 65.6 Å². The van der Waals surface area contributed by atoms with Gasteiger partial charge in [0.05, 0.1) is 23.7 Å². The van der Waals surface area contributed by atoms with Crippen molar-refractivity contribution in [2.75, 3.05) is 13.4 Å². The molecule has 188 valence electrons. The fourth-order valence-corrected chi connectivity index (χ4v) is 4.42. The molecule has 0 bridgehead atoms. The molecule has 2 aliphatic heterocycles. The van der Waals surface area contributed by atoms with E-state index in [2.05, 4.69) is 0 Å². The summed E-state index contributed by atoms with van der Waals surface area (Å²) in [4.78, 5) is 37.6. The van der Waals surface area contributed by atoms with Crippen LogP contribution < -0.4 is 14.2 Å². The summed E-state index contributed by atoms with van der Waals surface area (Å²) >= 11 is 0. The van der Waals surface area contributed by atoms with Gasteiger partial charge in [0.15, 0.2) is 11.5 Å². The number of hydrogen-bond donors (Lipinski definition) is 0. The van der Waals surface area contributed by atoms with Crippen molar-refractivity contribution in [3.8, 4) is 17.2 Å². The Hall–Kier alpha value is -4.01. The fraction of sp³-hybridized carbons (Fsp3) is 0.370. The molecule has 2 aromatic carbocycles. The van der Waals surface area contributed by atoms with Crippen molar-refractivity contribution in [2.45, 2.75) is 44.8 Å². The van der Waals surface area contributed by atoms with Gasteiger partial charge in [0.25, 0.3) is 0 Å². The van der Waals surface area contributed by atoms with Crippen molar-refractivity contribution in [1.82, 2.24) is 0 Å². The van der Waals surface area contributed by atoms with E-state index in [9.17, 15) is 14.4 Å². The Morgan fingerprint density at radius 3 is 2.56 bits per heavy atom. The summed E-state index contributed by atoms with van der Waals surface area (Å²) < 4.78 is 32.9. The Labute approximate surface area is 207 Å². The van der Waals surface area contributed by atoms with Crippen LogP contribution in [0.5, 0.6) is 17.2 Å². The van der Waals surface area contributed by atoms with E-state index in [0.717, 1.165) is 6.42 Å². The van der Waals surface area contributed by atoms with Crippen LogP contribution in [0.25, 0.3) is 0 Å². The minimum atomic E-state index is -0.458. The molecule has 0 spiro atoms. The number of carbonyl (C=O) groups is 3. The van der Waals surface area contributed by atoms with E-state index >= 15 is 0 Å². The lowest BCUT2D eigenvalue weighted by Gasteiger charge is -2.36. The highest BCUT2D eigenvalue weighted by Crippen LogP contribution is 2.36. The van der Waals surface area contributed by atoms with Gasteiger partial charge in [-0.1, -0.05) is 6.92 Å². The molecule has 1 saturated carbocycles. The molecule has 0 radical (unpaired) electrons. The molecule has 5 rings (SSSR count). The highest BCUT2D eigenvalue weighted by atomic mass is 16.7. The minimum absolute atomic E-state index is 0.105. The van der Waals surface area contributed by atoms with Crippen molar-refractivity contribution in [1.29, 1.82) is 0 Å². The van der Waals surface area contributed by atoms with Crippen LogP contribution in [0.15, 0.2) is 54.5 Å². The molecule has 1 fully saturated rings. The summed E-state index contributed by atoms with van der Waals surface area (Å²) in [6.45, 7) is 2.41. The summed E-state index contributed by atoms with van der Waals surface area (Å²) in [5.74, 6) is 0.226. The predicted molar refractivity (Wildman–Crippen MR) is 125 cm³/mol. The second-order valence-corrected chi connectivity index (χ2v) is 8.80. The number of fused-ring (bicyclic) bond motifs is 2. The molecule has 1 aliphatic carbocycles. The van der Waals surface area contributed by atoms with E-state index in [1.54, 1.807) is 42.5 Å². The predicted octanol–water partition coefficient (Wildman–Crippen LogP) is 4.20. The summed E-state index contributed by atoms with van der Waals surface area (Å²) in [7, 11) is 0. The molecule has 9 nitrogen and oxygen atoms in total. The second kappa shape index (κ2) is 10.3. The number of carbonyl (C=O) groups excluding carboxylic acids is 3. The first kappa shape index (κ1) is 23.7. The van der Waals surface area contributed by atoms with Gasteiger partial charge in [-0.05, 0) is 61.7 Å². The van der Waals surface area contributed by atoms with Gasteiger partial charge in [-0.25, -0.2) is 9.59 Å². The first-order valence-electron chi connectivity index (χ1n) is 12.0. The molecular formula is C27H26O9. The van der Waals surface area contributed by atoms with E-state index in [1.807, 2.05) is 6.92 Å². The highest BCUT2D eigenvalue weighted by molar-refractivity contribution is 5.97. The second-order valence-electron chi connectivity index (χ2n) is 8.80. The number of ether oxygens (including phenoxy) is 6. The topological polar surface area (TPSA) is 107 Å². The molecule has 2 heterocycles. The standard InChI is InChI=1S/C27H26O9/c1-2-11-31-26(29)16-3-6-18(7-4-16)35-24-14-32-22-13-19(8-9-20(22)25(24)28)36-27(30)17-5-10-21-23(12-17)34-15-33-21/h3-7,10,12,14,19-20,22H,2,8-9,11,13,15H2,1H3. The first-order valence-corrected chi connectivity index (χ1v) is 12.0. The SMILES string of the molecule is CCCOC(=O)c1ccc(OC2=COC3CC(OC(=O)c4ccc5c(c4)OCO5)CCC3C2=O)cc1. The van der Waals surface area contributed by atoms with E-state index in [0.29, 0.717) is 54.2 Å². The number of allylic oxidation sites excluding steroid dienone is 1. The molecular weight excluding hydrogens is 468 g/mol. The number of ketones is 1. The van der Waals surface area contributed by atoms with Crippen LogP contribution in [-0.2, 0) is 19.0 Å². The van der Waals surface area contributed by atoms with Gasteiger partial charge in [-0.2, -0.15) is 0 Å². The van der Waals surface area contributed by atoms with Crippen molar-refractivity contribution >= 4 is 17.7 Å². The third-order valence-electron chi connectivity index (χ3n) is 6.31. The highest BCUT2D eigenvalue weighted by Gasteiger charge is 2.42. The summed E-state index contributed by atoms with van der Waals surface area (Å²) in [5, 5.41) is 0. The monoisotopic (exact) mass is 494 g/mol. The molecule has 2 aromatic rings. The van der Waals surface area contributed by atoms with Crippen molar-refractivity contribution in [3.63, 3.8) is 0 Å². The Balaban J connectivity index is 1.17. The fourth-order valence-electron chi connectivity index (χ4n) is 4.42. The van der Waals surface area contributed by atoms with Crippen LogP contribution in [0.4, 0.5) is 0 Å². The first-order chi connectivity index (χ1) is 17.5. The Kier molecular flexibility index (Phi) is 6.79. The van der Waals surface area contributed by atoms with Gasteiger partial charge in [-0.15, -0.1) is 0 Å². The zero-order valence-corrected chi connectivity index (χ0v) is 19.8. The molecule has 3 unspecified atom stereocenters. The Morgan fingerprint density at radius 2 is 1.75 bits per heavy atom. The largest absolute Gasteiger partial charge is 0.493 e. The van der Waals surface area contributed by atoms with E-state index in [-0.39, 0.29) is 30.4 Å². The van der Waals surface area contributed by atoms with Gasteiger partial charge in [0.1, 0.15) is 24.2 Å². The lowest BCUT2D eigenvalue weighted by atomic mass is 9.80. The molecule has 0 N–H and O–H groups in total. The summed E-state index contributed by atoms with van der Waals surface area (Å²) in [6, 6.07) is 11.3. The maximum absolute atomic E-state index is 13.0. The summed E-state index contributed by atoms with van der Waals surface area (Å²) in [5.41, 5.74) is 0.784.